The third kappa shape index (κ3) is 8.40. The number of amides is 3. The molecular formula is C39H35N3O3S. The Morgan fingerprint density at radius 1 is 0.674 bits per heavy atom. The number of benzene rings is 5. The first kappa shape index (κ1) is 32.0. The molecule has 0 heterocycles. The first-order chi connectivity index (χ1) is 22.3. The minimum absolute atomic E-state index is 0.103. The van der Waals surface area contributed by atoms with Gasteiger partial charge in [-0.3, -0.25) is 14.4 Å². The molecule has 46 heavy (non-hydrogen) atoms. The Hall–Kier alpha value is -5.40. The van der Waals surface area contributed by atoms with Crippen LogP contribution in [0.25, 0.3) is 6.08 Å². The summed E-state index contributed by atoms with van der Waals surface area (Å²) >= 11 is 1.39. The molecule has 0 fully saturated rings. The summed E-state index contributed by atoms with van der Waals surface area (Å²) in [5.41, 5.74) is 6.57. The summed E-state index contributed by atoms with van der Waals surface area (Å²) < 4.78 is 0. The molecule has 5 aromatic carbocycles. The van der Waals surface area contributed by atoms with Crippen molar-refractivity contribution >= 4 is 46.9 Å². The number of aryl methyl sites for hydroxylation is 3. The van der Waals surface area contributed by atoms with Gasteiger partial charge in [-0.05, 0) is 79.4 Å². The molecular weight excluding hydrogens is 591 g/mol. The van der Waals surface area contributed by atoms with Crippen molar-refractivity contribution in [1.29, 1.82) is 0 Å². The fourth-order valence-electron chi connectivity index (χ4n) is 4.85. The van der Waals surface area contributed by atoms with Crippen LogP contribution in [-0.2, 0) is 9.59 Å². The van der Waals surface area contributed by atoms with Gasteiger partial charge in [-0.2, -0.15) is 0 Å². The lowest BCUT2D eigenvalue weighted by atomic mass is 10.1. The number of hydrogen-bond acceptors (Lipinski definition) is 4. The largest absolute Gasteiger partial charge is 0.324 e. The van der Waals surface area contributed by atoms with Crippen molar-refractivity contribution < 1.29 is 14.4 Å². The Balaban J connectivity index is 1.38. The first-order valence-corrected chi connectivity index (χ1v) is 15.8. The summed E-state index contributed by atoms with van der Waals surface area (Å²) in [5, 5.41) is 8.31. The summed E-state index contributed by atoms with van der Waals surface area (Å²) in [6, 6.07) is 39.3. The molecule has 230 valence electrons. The number of anilines is 2. The molecule has 5 aromatic rings. The van der Waals surface area contributed by atoms with Crippen molar-refractivity contribution in [3.05, 3.63) is 166 Å². The fraction of sp³-hybridized carbons (Fsp3) is 0.103. The Morgan fingerprint density at radius 3 is 1.98 bits per heavy atom. The van der Waals surface area contributed by atoms with Crippen molar-refractivity contribution in [1.82, 2.24) is 5.32 Å². The molecule has 0 aliphatic heterocycles. The van der Waals surface area contributed by atoms with Gasteiger partial charge in [0.2, 0.25) is 5.91 Å². The number of rotatable bonds is 10. The second-order valence-corrected chi connectivity index (χ2v) is 12.1. The molecule has 0 aromatic heterocycles. The normalized spacial score (nSPS) is 11.8. The van der Waals surface area contributed by atoms with Crippen molar-refractivity contribution in [2.24, 2.45) is 0 Å². The van der Waals surface area contributed by atoms with Gasteiger partial charge in [0.15, 0.2) is 0 Å². The van der Waals surface area contributed by atoms with E-state index in [9.17, 15) is 14.4 Å². The highest BCUT2D eigenvalue weighted by molar-refractivity contribution is 8.00. The monoisotopic (exact) mass is 625 g/mol. The molecule has 0 saturated heterocycles. The zero-order valence-electron chi connectivity index (χ0n) is 25.9. The second-order valence-electron chi connectivity index (χ2n) is 10.9. The van der Waals surface area contributed by atoms with Gasteiger partial charge in [-0.25, -0.2) is 0 Å². The van der Waals surface area contributed by atoms with E-state index in [1.807, 2.05) is 118 Å². The van der Waals surface area contributed by atoms with Crippen LogP contribution in [0.1, 0.15) is 43.4 Å². The van der Waals surface area contributed by atoms with Crippen LogP contribution in [0.15, 0.2) is 138 Å². The van der Waals surface area contributed by atoms with Crippen LogP contribution in [0.4, 0.5) is 11.4 Å². The van der Waals surface area contributed by atoms with Gasteiger partial charge in [-0.15, -0.1) is 11.8 Å². The molecule has 0 spiro atoms. The molecule has 0 aliphatic carbocycles. The van der Waals surface area contributed by atoms with Gasteiger partial charge in [0.25, 0.3) is 11.8 Å². The van der Waals surface area contributed by atoms with Crippen molar-refractivity contribution in [3.63, 3.8) is 0 Å². The third-order valence-electron chi connectivity index (χ3n) is 7.33. The van der Waals surface area contributed by atoms with Crippen LogP contribution in [0.3, 0.4) is 0 Å². The lowest BCUT2D eigenvalue weighted by Crippen LogP contribution is -2.30. The van der Waals surface area contributed by atoms with Crippen molar-refractivity contribution in [2.75, 3.05) is 10.6 Å². The van der Waals surface area contributed by atoms with E-state index in [1.165, 1.54) is 11.8 Å². The maximum absolute atomic E-state index is 13.7. The van der Waals surface area contributed by atoms with Crippen molar-refractivity contribution in [3.8, 4) is 0 Å². The van der Waals surface area contributed by atoms with Gasteiger partial charge >= 0.3 is 0 Å². The Bertz CT molecular complexity index is 1850. The number of hydrogen-bond donors (Lipinski definition) is 3. The fourth-order valence-corrected chi connectivity index (χ4v) is 5.94. The first-order valence-electron chi connectivity index (χ1n) is 14.9. The van der Waals surface area contributed by atoms with Crippen LogP contribution in [0.2, 0.25) is 0 Å². The average Bonchev–Trinajstić information content (AvgIpc) is 3.07. The summed E-state index contributed by atoms with van der Waals surface area (Å²) in [6.07, 6.45) is 1.65. The van der Waals surface area contributed by atoms with Gasteiger partial charge in [0, 0.05) is 21.8 Å². The van der Waals surface area contributed by atoms with E-state index >= 15 is 0 Å². The minimum atomic E-state index is -0.548. The minimum Gasteiger partial charge on any atom is -0.324 e. The van der Waals surface area contributed by atoms with Crippen LogP contribution in [0.5, 0.6) is 0 Å². The molecule has 0 saturated carbocycles. The van der Waals surface area contributed by atoms with E-state index in [-0.39, 0.29) is 17.5 Å². The molecule has 7 heteroatoms. The molecule has 0 radical (unpaired) electrons. The molecule has 3 N–H and O–H groups in total. The lowest BCUT2D eigenvalue weighted by Gasteiger charge is -2.19. The quantitative estimate of drug-likeness (QED) is 0.107. The highest BCUT2D eigenvalue weighted by Crippen LogP contribution is 2.37. The van der Waals surface area contributed by atoms with E-state index < -0.39 is 11.2 Å². The van der Waals surface area contributed by atoms with Crippen LogP contribution >= 0.6 is 11.8 Å². The van der Waals surface area contributed by atoms with Crippen molar-refractivity contribution in [2.45, 2.75) is 30.9 Å². The molecule has 0 bridgehead atoms. The summed E-state index contributed by atoms with van der Waals surface area (Å²) in [6.45, 7) is 5.94. The SMILES string of the molecule is Cc1ccc(/C=C(/NC(=O)c2ccccc2)C(=O)Nc2cccc(SC(C(=O)Nc3c(C)cccc3C)c3ccccc3)c2)cc1. The van der Waals surface area contributed by atoms with E-state index in [2.05, 4.69) is 16.0 Å². The Labute approximate surface area is 274 Å². The van der Waals surface area contributed by atoms with E-state index in [0.29, 0.717) is 11.3 Å². The predicted molar refractivity (Wildman–Crippen MR) is 188 cm³/mol. The zero-order chi connectivity index (χ0) is 32.5. The number of nitrogens with one attached hydrogen (secondary N) is 3. The molecule has 3 amide bonds. The molecule has 1 unspecified atom stereocenters. The average molecular weight is 626 g/mol. The smallest absolute Gasteiger partial charge is 0.272 e. The van der Waals surface area contributed by atoms with Crippen LogP contribution in [0, 0.1) is 20.8 Å². The predicted octanol–water partition coefficient (Wildman–Crippen LogP) is 8.49. The maximum atomic E-state index is 13.7. The summed E-state index contributed by atoms with van der Waals surface area (Å²) in [5.74, 6) is -1.01. The topological polar surface area (TPSA) is 87.3 Å². The van der Waals surface area contributed by atoms with Gasteiger partial charge < -0.3 is 16.0 Å². The number of carbonyl (C=O) groups is 3. The highest BCUT2D eigenvalue weighted by Gasteiger charge is 2.24. The number of para-hydroxylation sites is 1. The van der Waals surface area contributed by atoms with E-state index in [1.54, 1.807) is 36.4 Å². The molecule has 1 atom stereocenters. The highest BCUT2D eigenvalue weighted by atomic mass is 32.2. The number of thioether (sulfide) groups is 1. The number of carbonyl (C=O) groups excluding carboxylic acids is 3. The van der Waals surface area contributed by atoms with Gasteiger partial charge in [0.1, 0.15) is 10.9 Å². The molecule has 6 nitrogen and oxygen atoms in total. The molecule has 0 aliphatic rings. The zero-order valence-corrected chi connectivity index (χ0v) is 26.7. The Kier molecular flexibility index (Phi) is 10.5. The van der Waals surface area contributed by atoms with Gasteiger partial charge in [0.05, 0.1) is 0 Å². The maximum Gasteiger partial charge on any atom is 0.272 e. The van der Waals surface area contributed by atoms with Crippen LogP contribution in [-0.4, -0.2) is 17.7 Å². The van der Waals surface area contributed by atoms with Crippen LogP contribution < -0.4 is 16.0 Å². The summed E-state index contributed by atoms with van der Waals surface area (Å²) in [4.78, 5) is 41.2. The lowest BCUT2D eigenvalue weighted by molar-refractivity contribution is -0.116. The Morgan fingerprint density at radius 2 is 1.30 bits per heavy atom. The second kappa shape index (κ2) is 15.1. The third-order valence-corrected chi connectivity index (χ3v) is 8.58. The standard InChI is InChI=1S/C39H35N3O3S/c1-26-20-22-29(23-21-26)24-34(41-37(43)31-16-8-5-9-17-31)38(44)40-32-18-11-19-33(25-32)46-36(30-14-6-4-7-15-30)39(45)42-35-27(2)12-10-13-28(35)3/h4-25,36H,1-3H3,(H,40,44)(H,41,43)(H,42,45)/b34-24+. The molecule has 5 rings (SSSR count). The van der Waals surface area contributed by atoms with E-state index in [0.717, 1.165) is 38.4 Å². The van der Waals surface area contributed by atoms with Gasteiger partial charge in [-0.1, -0.05) is 103 Å². The summed E-state index contributed by atoms with van der Waals surface area (Å²) in [7, 11) is 0. The van der Waals surface area contributed by atoms with E-state index in [4.69, 9.17) is 0 Å².